The van der Waals surface area contributed by atoms with Gasteiger partial charge in [-0.3, -0.25) is 9.78 Å². The second-order valence-electron chi connectivity index (χ2n) is 6.26. The van der Waals surface area contributed by atoms with Crippen molar-refractivity contribution in [3.63, 3.8) is 0 Å². The van der Waals surface area contributed by atoms with Gasteiger partial charge in [-0.2, -0.15) is 0 Å². The third-order valence-corrected chi connectivity index (χ3v) is 4.48. The van der Waals surface area contributed by atoms with E-state index in [1.165, 1.54) is 12.4 Å². The molecule has 0 aliphatic carbocycles. The number of nitrogens with zero attached hydrogens (tertiary/aromatic N) is 3. The molecule has 0 spiro atoms. The van der Waals surface area contributed by atoms with Gasteiger partial charge in [0, 0.05) is 18.8 Å². The molecule has 0 radical (unpaired) electrons. The minimum Gasteiger partial charge on any atom is -0.494 e. The van der Waals surface area contributed by atoms with Crippen LogP contribution in [0.2, 0.25) is 0 Å². The molecule has 2 heterocycles. The molecule has 0 saturated heterocycles. The molecular weight excluding hydrogens is 354 g/mol. The van der Waals surface area contributed by atoms with Gasteiger partial charge < -0.3 is 5.11 Å². The Morgan fingerprint density at radius 1 is 0.750 bits per heavy atom. The van der Waals surface area contributed by atoms with Crippen molar-refractivity contribution in [3.8, 4) is 17.3 Å². The number of hydrogen-bond acceptors (Lipinski definition) is 4. The summed E-state index contributed by atoms with van der Waals surface area (Å²) in [7, 11) is 0. The van der Waals surface area contributed by atoms with E-state index in [0.29, 0.717) is 11.4 Å². The Morgan fingerprint density at radius 2 is 1.32 bits per heavy atom. The van der Waals surface area contributed by atoms with Gasteiger partial charge in [-0.15, -0.1) is 0 Å². The van der Waals surface area contributed by atoms with E-state index in [0.717, 1.165) is 14.7 Å². The maximum atomic E-state index is 13.2. The summed E-state index contributed by atoms with van der Waals surface area (Å²) in [4.78, 5) is 30.3. The molecule has 0 fully saturated rings. The molecule has 0 bridgehead atoms. The van der Waals surface area contributed by atoms with Gasteiger partial charge in [0.2, 0.25) is 5.88 Å². The first-order chi connectivity index (χ1) is 13.7. The molecule has 138 valence electrons. The number of aromatic nitrogens is 3. The van der Waals surface area contributed by atoms with Crippen molar-refractivity contribution >= 4 is 0 Å². The zero-order valence-corrected chi connectivity index (χ0v) is 14.9. The largest absolute Gasteiger partial charge is 0.494 e. The predicted octanol–water partition coefficient (Wildman–Crippen LogP) is 2.68. The van der Waals surface area contributed by atoms with Crippen LogP contribution in [-0.2, 0) is 6.42 Å². The van der Waals surface area contributed by atoms with Crippen LogP contribution in [0.5, 0.6) is 5.88 Å². The standard InChI is InChI=1S/C22H17N3O3/c26-20-19(15-16-7-3-1-4-8-16)21(27)25(18-11-13-23-14-12-18)22(28)24(20)17-9-5-2-6-10-17/h1-14,27H,15H2. The Balaban J connectivity index is 2.03. The molecule has 6 nitrogen and oxygen atoms in total. The van der Waals surface area contributed by atoms with Crippen LogP contribution < -0.4 is 11.2 Å². The molecule has 4 rings (SSSR count). The van der Waals surface area contributed by atoms with Gasteiger partial charge in [-0.25, -0.2) is 13.9 Å². The molecule has 2 aromatic heterocycles. The van der Waals surface area contributed by atoms with Crippen LogP contribution in [-0.4, -0.2) is 19.2 Å². The van der Waals surface area contributed by atoms with E-state index in [-0.39, 0.29) is 17.9 Å². The average molecular weight is 371 g/mol. The summed E-state index contributed by atoms with van der Waals surface area (Å²) in [6.45, 7) is 0. The normalized spacial score (nSPS) is 10.7. The molecule has 0 saturated carbocycles. The lowest BCUT2D eigenvalue weighted by Crippen LogP contribution is -2.40. The van der Waals surface area contributed by atoms with E-state index < -0.39 is 11.2 Å². The van der Waals surface area contributed by atoms with Gasteiger partial charge in [-0.1, -0.05) is 48.5 Å². The van der Waals surface area contributed by atoms with Crippen LogP contribution in [0, 0.1) is 0 Å². The smallest absolute Gasteiger partial charge is 0.343 e. The Labute approximate surface area is 160 Å². The fourth-order valence-corrected chi connectivity index (χ4v) is 3.13. The first-order valence-corrected chi connectivity index (χ1v) is 8.76. The fraction of sp³-hybridized carbons (Fsp3) is 0.0455. The number of benzene rings is 2. The van der Waals surface area contributed by atoms with Crippen molar-refractivity contribution in [2.75, 3.05) is 0 Å². The number of aromatic hydroxyl groups is 1. The quantitative estimate of drug-likeness (QED) is 0.598. The zero-order chi connectivity index (χ0) is 19.5. The molecule has 6 heteroatoms. The second-order valence-corrected chi connectivity index (χ2v) is 6.26. The van der Waals surface area contributed by atoms with Crippen LogP contribution in [0.4, 0.5) is 0 Å². The molecule has 0 atom stereocenters. The lowest BCUT2D eigenvalue weighted by atomic mass is 10.1. The molecule has 4 aromatic rings. The summed E-state index contributed by atoms with van der Waals surface area (Å²) in [6, 6.07) is 21.2. The van der Waals surface area contributed by atoms with Crippen molar-refractivity contribution in [1.82, 2.24) is 14.1 Å². The van der Waals surface area contributed by atoms with Crippen molar-refractivity contribution in [1.29, 1.82) is 0 Å². The number of para-hydroxylation sites is 1. The Hall–Kier alpha value is -3.93. The third kappa shape index (κ3) is 3.12. The first kappa shape index (κ1) is 17.5. The van der Waals surface area contributed by atoms with Crippen LogP contribution in [0.3, 0.4) is 0 Å². The van der Waals surface area contributed by atoms with E-state index in [1.807, 2.05) is 30.3 Å². The maximum Gasteiger partial charge on any atom is 0.343 e. The van der Waals surface area contributed by atoms with Gasteiger partial charge in [0.25, 0.3) is 5.56 Å². The summed E-state index contributed by atoms with van der Waals surface area (Å²) in [5.74, 6) is -0.364. The SMILES string of the molecule is O=c1c(Cc2ccccc2)c(O)n(-c2ccncc2)c(=O)n1-c1ccccc1. The summed E-state index contributed by atoms with van der Waals surface area (Å²) < 4.78 is 2.22. The third-order valence-electron chi connectivity index (χ3n) is 4.48. The van der Waals surface area contributed by atoms with E-state index >= 15 is 0 Å². The summed E-state index contributed by atoms with van der Waals surface area (Å²) >= 11 is 0. The highest BCUT2D eigenvalue weighted by molar-refractivity contribution is 5.42. The summed E-state index contributed by atoms with van der Waals surface area (Å²) in [6.07, 6.45) is 3.25. The minimum atomic E-state index is -0.642. The Bertz CT molecular complexity index is 1220. The lowest BCUT2D eigenvalue weighted by Gasteiger charge is -2.16. The van der Waals surface area contributed by atoms with Gasteiger partial charge in [0.05, 0.1) is 16.9 Å². The van der Waals surface area contributed by atoms with Gasteiger partial charge in [-0.05, 0) is 29.8 Å². The van der Waals surface area contributed by atoms with E-state index in [1.54, 1.807) is 42.5 Å². The monoisotopic (exact) mass is 371 g/mol. The van der Waals surface area contributed by atoms with E-state index in [9.17, 15) is 14.7 Å². The van der Waals surface area contributed by atoms with Crippen molar-refractivity contribution in [3.05, 3.63) is 117 Å². The van der Waals surface area contributed by atoms with Gasteiger partial charge >= 0.3 is 5.69 Å². The van der Waals surface area contributed by atoms with Crippen LogP contribution in [0.1, 0.15) is 11.1 Å². The number of hydrogen-bond donors (Lipinski definition) is 1. The number of pyridine rings is 1. The highest BCUT2D eigenvalue weighted by atomic mass is 16.3. The van der Waals surface area contributed by atoms with Crippen molar-refractivity contribution in [2.45, 2.75) is 6.42 Å². The lowest BCUT2D eigenvalue weighted by molar-refractivity contribution is 0.421. The van der Waals surface area contributed by atoms with Gasteiger partial charge in [0.15, 0.2) is 0 Å². The molecule has 0 aliphatic heterocycles. The summed E-state index contributed by atoms with van der Waals surface area (Å²) in [5, 5.41) is 10.9. The fourth-order valence-electron chi connectivity index (χ4n) is 3.13. The second kappa shape index (κ2) is 7.36. The average Bonchev–Trinajstić information content (AvgIpc) is 2.74. The molecule has 0 aliphatic rings. The van der Waals surface area contributed by atoms with Crippen LogP contribution in [0.15, 0.2) is 94.8 Å². The molecule has 1 N–H and O–H groups in total. The molecule has 0 unspecified atom stereocenters. The zero-order valence-electron chi connectivity index (χ0n) is 14.9. The van der Waals surface area contributed by atoms with Crippen molar-refractivity contribution < 1.29 is 5.11 Å². The predicted molar refractivity (Wildman–Crippen MR) is 106 cm³/mol. The molecular formula is C22H17N3O3. The van der Waals surface area contributed by atoms with E-state index in [2.05, 4.69) is 4.98 Å². The molecule has 28 heavy (non-hydrogen) atoms. The number of rotatable bonds is 4. The van der Waals surface area contributed by atoms with E-state index in [4.69, 9.17) is 0 Å². The Kier molecular flexibility index (Phi) is 4.60. The Morgan fingerprint density at radius 3 is 1.96 bits per heavy atom. The highest BCUT2D eigenvalue weighted by Crippen LogP contribution is 2.20. The highest BCUT2D eigenvalue weighted by Gasteiger charge is 2.21. The maximum absolute atomic E-state index is 13.2. The minimum absolute atomic E-state index is 0.145. The van der Waals surface area contributed by atoms with Gasteiger partial charge in [0.1, 0.15) is 0 Å². The van der Waals surface area contributed by atoms with Crippen LogP contribution in [0.25, 0.3) is 11.4 Å². The molecule has 2 aromatic carbocycles. The molecule has 0 amide bonds. The topological polar surface area (TPSA) is 77.1 Å². The first-order valence-electron chi connectivity index (χ1n) is 8.76. The summed E-state index contributed by atoms with van der Waals surface area (Å²) in [5.41, 5.74) is 0.687. The van der Waals surface area contributed by atoms with Crippen LogP contribution >= 0.6 is 0 Å². The van der Waals surface area contributed by atoms with Crippen molar-refractivity contribution in [2.24, 2.45) is 0 Å².